The molecule has 2 aromatic heterocycles. The van der Waals surface area contributed by atoms with E-state index in [2.05, 4.69) is 10.3 Å². The van der Waals surface area contributed by atoms with Crippen LogP contribution in [0.3, 0.4) is 0 Å². The number of furan rings is 1. The molecular formula is C25H23N3O3. The van der Waals surface area contributed by atoms with E-state index in [1.807, 2.05) is 44.2 Å². The maximum Gasteiger partial charge on any atom is 0.256 e. The van der Waals surface area contributed by atoms with Gasteiger partial charge >= 0.3 is 0 Å². The number of nitrogens with one attached hydrogen (secondary N) is 1. The Bertz CT molecular complexity index is 1210. The molecule has 0 spiro atoms. The summed E-state index contributed by atoms with van der Waals surface area (Å²) >= 11 is 0. The highest BCUT2D eigenvalue weighted by Crippen LogP contribution is 2.26. The van der Waals surface area contributed by atoms with Gasteiger partial charge in [-0.25, -0.2) is 4.98 Å². The molecule has 4 rings (SSSR count). The molecule has 0 saturated carbocycles. The van der Waals surface area contributed by atoms with Crippen LogP contribution in [0.5, 0.6) is 0 Å². The van der Waals surface area contributed by atoms with E-state index in [1.54, 1.807) is 47.6 Å². The average molecular weight is 413 g/mol. The molecule has 0 radical (unpaired) electrons. The molecular weight excluding hydrogens is 390 g/mol. The minimum atomic E-state index is -0.255. The topological polar surface area (TPSA) is 75.4 Å². The standard InChI is InChI=1S/C25H23N3O3/c1-3-28(4-2)25(30)17-11-13-18(14-12-17)26-24(29)20-16-22(23-10-7-15-31-23)27-21-9-6-5-8-19(20)21/h5-16H,3-4H2,1-2H3,(H,26,29). The average Bonchev–Trinajstić information content (AvgIpc) is 3.34. The molecule has 2 heterocycles. The number of carbonyl (C=O) groups excluding carboxylic acids is 2. The molecule has 0 fully saturated rings. The number of pyridine rings is 1. The summed E-state index contributed by atoms with van der Waals surface area (Å²) in [4.78, 5) is 32.0. The Morgan fingerprint density at radius 1 is 0.968 bits per heavy atom. The SMILES string of the molecule is CCN(CC)C(=O)c1ccc(NC(=O)c2cc(-c3ccco3)nc3ccccc23)cc1. The number of hydrogen-bond acceptors (Lipinski definition) is 4. The van der Waals surface area contributed by atoms with Crippen LogP contribution in [0.1, 0.15) is 34.6 Å². The number of amides is 2. The fraction of sp³-hybridized carbons (Fsp3) is 0.160. The van der Waals surface area contributed by atoms with Gasteiger partial charge in [-0.3, -0.25) is 9.59 Å². The van der Waals surface area contributed by atoms with Crippen LogP contribution in [0.25, 0.3) is 22.4 Å². The molecule has 0 unspecified atom stereocenters. The lowest BCUT2D eigenvalue weighted by Crippen LogP contribution is -2.30. The van der Waals surface area contributed by atoms with Crippen LogP contribution in [0.2, 0.25) is 0 Å². The number of fused-ring (bicyclic) bond motifs is 1. The van der Waals surface area contributed by atoms with Gasteiger partial charge in [-0.05, 0) is 62.4 Å². The van der Waals surface area contributed by atoms with Crippen LogP contribution in [0.15, 0.2) is 77.4 Å². The second-order valence-electron chi connectivity index (χ2n) is 7.06. The van der Waals surface area contributed by atoms with Crippen molar-refractivity contribution in [3.63, 3.8) is 0 Å². The highest BCUT2D eigenvalue weighted by Gasteiger charge is 2.16. The van der Waals surface area contributed by atoms with E-state index >= 15 is 0 Å². The van der Waals surface area contributed by atoms with Crippen LogP contribution in [-0.2, 0) is 0 Å². The summed E-state index contributed by atoms with van der Waals surface area (Å²) in [6, 6.07) is 19.8. The van der Waals surface area contributed by atoms with Gasteiger partial charge in [0.05, 0.1) is 17.3 Å². The second-order valence-corrected chi connectivity index (χ2v) is 7.06. The monoisotopic (exact) mass is 413 g/mol. The Labute approximate surface area is 180 Å². The Balaban J connectivity index is 1.62. The summed E-state index contributed by atoms with van der Waals surface area (Å²) in [6.07, 6.45) is 1.58. The number of rotatable bonds is 6. The van der Waals surface area contributed by atoms with Crippen molar-refractivity contribution >= 4 is 28.4 Å². The number of benzene rings is 2. The molecule has 4 aromatic rings. The van der Waals surface area contributed by atoms with Crippen LogP contribution < -0.4 is 5.32 Å². The summed E-state index contributed by atoms with van der Waals surface area (Å²) in [5.41, 5.74) is 3.01. The van der Waals surface area contributed by atoms with Gasteiger partial charge in [-0.1, -0.05) is 18.2 Å². The zero-order valence-corrected chi connectivity index (χ0v) is 17.5. The number of anilines is 1. The normalized spacial score (nSPS) is 10.8. The van der Waals surface area contributed by atoms with E-state index in [-0.39, 0.29) is 11.8 Å². The predicted octanol–water partition coefficient (Wildman–Crippen LogP) is 5.23. The first-order valence-corrected chi connectivity index (χ1v) is 10.2. The van der Waals surface area contributed by atoms with Crippen molar-refractivity contribution in [1.82, 2.24) is 9.88 Å². The van der Waals surface area contributed by atoms with Gasteiger partial charge in [0.15, 0.2) is 5.76 Å². The number of hydrogen-bond donors (Lipinski definition) is 1. The molecule has 0 atom stereocenters. The maximum atomic E-state index is 13.1. The minimum absolute atomic E-state index is 0.0221. The molecule has 0 saturated heterocycles. The van der Waals surface area contributed by atoms with E-state index in [1.165, 1.54) is 0 Å². The van der Waals surface area contributed by atoms with Crippen molar-refractivity contribution in [2.75, 3.05) is 18.4 Å². The first-order valence-electron chi connectivity index (χ1n) is 10.2. The van der Waals surface area contributed by atoms with Gasteiger partial charge in [-0.2, -0.15) is 0 Å². The van der Waals surface area contributed by atoms with Crippen molar-refractivity contribution < 1.29 is 14.0 Å². The van der Waals surface area contributed by atoms with Gasteiger partial charge in [0.2, 0.25) is 0 Å². The molecule has 6 heteroatoms. The Hall–Kier alpha value is -3.93. The first kappa shape index (κ1) is 20.3. The Kier molecular flexibility index (Phi) is 5.80. The Morgan fingerprint density at radius 3 is 2.39 bits per heavy atom. The summed E-state index contributed by atoms with van der Waals surface area (Å²) < 4.78 is 5.46. The van der Waals surface area contributed by atoms with E-state index in [9.17, 15) is 9.59 Å². The number of para-hydroxylation sites is 1. The number of aromatic nitrogens is 1. The molecule has 156 valence electrons. The molecule has 0 bridgehead atoms. The van der Waals surface area contributed by atoms with Crippen LogP contribution in [-0.4, -0.2) is 34.8 Å². The quantitative estimate of drug-likeness (QED) is 0.470. The van der Waals surface area contributed by atoms with Crippen LogP contribution in [0, 0.1) is 0 Å². The van der Waals surface area contributed by atoms with Crippen molar-refractivity contribution in [3.8, 4) is 11.5 Å². The number of nitrogens with zero attached hydrogens (tertiary/aromatic N) is 2. The highest BCUT2D eigenvalue weighted by atomic mass is 16.3. The largest absolute Gasteiger partial charge is 0.463 e. The van der Waals surface area contributed by atoms with Crippen LogP contribution >= 0.6 is 0 Å². The van der Waals surface area contributed by atoms with E-state index in [0.717, 1.165) is 5.39 Å². The lowest BCUT2D eigenvalue weighted by molar-refractivity contribution is 0.0773. The second kappa shape index (κ2) is 8.83. The van der Waals surface area contributed by atoms with E-state index in [4.69, 9.17) is 4.42 Å². The van der Waals surface area contributed by atoms with Crippen molar-refractivity contribution in [2.45, 2.75) is 13.8 Å². The smallest absolute Gasteiger partial charge is 0.256 e. The highest BCUT2D eigenvalue weighted by molar-refractivity contribution is 6.13. The zero-order chi connectivity index (χ0) is 21.8. The Morgan fingerprint density at radius 2 is 1.71 bits per heavy atom. The first-order chi connectivity index (χ1) is 15.1. The van der Waals surface area contributed by atoms with Crippen molar-refractivity contribution in [2.24, 2.45) is 0 Å². The van der Waals surface area contributed by atoms with Crippen molar-refractivity contribution in [1.29, 1.82) is 0 Å². The minimum Gasteiger partial charge on any atom is -0.463 e. The van der Waals surface area contributed by atoms with Gasteiger partial charge in [0, 0.05) is 29.7 Å². The van der Waals surface area contributed by atoms with E-state index < -0.39 is 0 Å². The van der Waals surface area contributed by atoms with Gasteiger partial charge in [0.25, 0.3) is 11.8 Å². The third-order valence-corrected chi connectivity index (χ3v) is 5.17. The predicted molar refractivity (Wildman–Crippen MR) is 121 cm³/mol. The van der Waals surface area contributed by atoms with E-state index in [0.29, 0.717) is 46.9 Å². The maximum absolute atomic E-state index is 13.1. The van der Waals surface area contributed by atoms with Crippen LogP contribution in [0.4, 0.5) is 5.69 Å². The molecule has 31 heavy (non-hydrogen) atoms. The lowest BCUT2D eigenvalue weighted by Gasteiger charge is -2.18. The summed E-state index contributed by atoms with van der Waals surface area (Å²) in [6.45, 7) is 5.21. The van der Waals surface area contributed by atoms with Crippen molar-refractivity contribution in [3.05, 3.63) is 84.1 Å². The molecule has 2 amide bonds. The molecule has 2 aromatic carbocycles. The molecule has 6 nitrogen and oxygen atoms in total. The van der Waals surface area contributed by atoms with Gasteiger partial charge in [-0.15, -0.1) is 0 Å². The fourth-order valence-corrected chi connectivity index (χ4v) is 3.50. The molecule has 1 N–H and O–H groups in total. The molecule has 0 aliphatic heterocycles. The third kappa shape index (κ3) is 4.19. The summed E-state index contributed by atoms with van der Waals surface area (Å²) in [5, 5.41) is 3.68. The molecule has 0 aliphatic rings. The van der Waals surface area contributed by atoms with Gasteiger partial charge < -0.3 is 14.6 Å². The third-order valence-electron chi connectivity index (χ3n) is 5.17. The lowest BCUT2D eigenvalue weighted by atomic mass is 10.1. The number of carbonyl (C=O) groups is 2. The fourth-order valence-electron chi connectivity index (χ4n) is 3.50. The zero-order valence-electron chi connectivity index (χ0n) is 17.5. The van der Waals surface area contributed by atoms with Gasteiger partial charge in [0.1, 0.15) is 5.69 Å². The molecule has 0 aliphatic carbocycles. The summed E-state index contributed by atoms with van der Waals surface area (Å²) in [5.74, 6) is 0.319. The summed E-state index contributed by atoms with van der Waals surface area (Å²) in [7, 11) is 0.